The van der Waals surface area contributed by atoms with Crippen molar-refractivity contribution in [3.8, 4) is 5.88 Å². The van der Waals surface area contributed by atoms with Crippen molar-refractivity contribution < 1.29 is 14.3 Å². The number of hydrogen-bond donors (Lipinski definition) is 1. The summed E-state index contributed by atoms with van der Waals surface area (Å²) < 4.78 is 5.00. The molecule has 0 atom stereocenters. The SMILES string of the molecule is COc1ccc(C(=O)N2CC(N3CCC(C(N)=O)CC3)C2)cn1. The lowest BCUT2D eigenvalue weighted by Crippen LogP contribution is -2.62. The molecule has 23 heavy (non-hydrogen) atoms. The molecule has 7 heteroatoms. The number of pyridine rings is 1. The Balaban J connectivity index is 1.49. The van der Waals surface area contributed by atoms with E-state index in [9.17, 15) is 9.59 Å². The van der Waals surface area contributed by atoms with Gasteiger partial charge < -0.3 is 15.4 Å². The summed E-state index contributed by atoms with van der Waals surface area (Å²) >= 11 is 0. The lowest BCUT2D eigenvalue weighted by atomic mass is 9.93. The average molecular weight is 318 g/mol. The van der Waals surface area contributed by atoms with Crippen LogP contribution in [0, 0.1) is 5.92 Å². The van der Waals surface area contributed by atoms with Crippen molar-refractivity contribution in [1.82, 2.24) is 14.8 Å². The number of carbonyl (C=O) groups is 2. The molecule has 0 aliphatic carbocycles. The van der Waals surface area contributed by atoms with E-state index in [1.807, 2.05) is 4.90 Å². The molecular weight excluding hydrogens is 296 g/mol. The minimum absolute atomic E-state index is 0.00317. The van der Waals surface area contributed by atoms with E-state index in [0.717, 1.165) is 39.0 Å². The van der Waals surface area contributed by atoms with Crippen molar-refractivity contribution in [1.29, 1.82) is 0 Å². The molecule has 3 heterocycles. The highest BCUT2D eigenvalue weighted by Crippen LogP contribution is 2.24. The van der Waals surface area contributed by atoms with Crippen molar-refractivity contribution in [2.75, 3.05) is 33.3 Å². The number of rotatable bonds is 4. The minimum Gasteiger partial charge on any atom is -0.481 e. The first kappa shape index (κ1) is 15.7. The van der Waals surface area contributed by atoms with Crippen LogP contribution >= 0.6 is 0 Å². The highest BCUT2D eigenvalue weighted by atomic mass is 16.5. The third kappa shape index (κ3) is 3.29. The van der Waals surface area contributed by atoms with Crippen LogP contribution < -0.4 is 10.5 Å². The molecule has 0 spiro atoms. The molecule has 2 aliphatic heterocycles. The van der Waals surface area contributed by atoms with Crippen LogP contribution in [-0.2, 0) is 4.79 Å². The first-order chi connectivity index (χ1) is 11.1. The molecule has 2 aliphatic rings. The zero-order valence-corrected chi connectivity index (χ0v) is 13.3. The van der Waals surface area contributed by atoms with Gasteiger partial charge in [0, 0.05) is 37.3 Å². The van der Waals surface area contributed by atoms with Crippen LogP contribution in [0.2, 0.25) is 0 Å². The Morgan fingerprint density at radius 1 is 1.26 bits per heavy atom. The van der Waals surface area contributed by atoms with Gasteiger partial charge in [0.1, 0.15) is 0 Å². The molecule has 1 aromatic heterocycles. The van der Waals surface area contributed by atoms with Crippen LogP contribution in [0.1, 0.15) is 23.2 Å². The van der Waals surface area contributed by atoms with Crippen LogP contribution in [0.4, 0.5) is 0 Å². The van der Waals surface area contributed by atoms with Gasteiger partial charge in [-0.25, -0.2) is 4.98 Å². The molecule has 124 valence electrons. The Morgan fingerprint density at radius 3 is 2.48 bits per heavy atom. The number of nitrogens with two attached hydrogens (primary N) is 1. The Bertz CT molecular complexity index is 575. The Hall–Kier alpha value is -2.15. The molecule has 0 radical (unpaired) electrons. The van der Waals surface area contributed by atoms with Gasteiger partial charge in [-0.3, -0.25) is 14.5 Å². The molecular formula is C16H22N4O3. The fraction of sp³-hybridized carbons (Fsp3) is 0.562. The summed E-state index contributed by atoms with van der Waals surface area (Å²) in [5, 5.41) is 0. The van der Waals surface area contributed by atoms with Gasteiger partial charge >= 0.3 is 0 Å². The first-order valence-electron chi connectivity index (χ1n) is 7.91. The Morgan fingerprint density at radius 2 is 1.96 bits per heavy atom. The standard InChI is InChI=1S/C16H22N4O3/c1-23-14-3-2-12(8-18-14)16(22)20-9-13(10-20)19-6-4-11(5-7-19)15(17)21/h2-3,8,11,13H,4-7,9-10H2,1H3,(H2,17,21). The fourth-order valence-corrected chi connectivity index (χ4v) is 3.21. The second kappa shape index (κ2) is 6.54. The number of carbonyl (C=O) groups excluding carboxylic acids is 2. The van der Waals surface area contributed by atoms with Crippen molar-refractivity contribution in [3.05, 3.63) is 23.9 Å². The van der Waals surface area contributed by atoms with Gasteiger partial charge in [0.25, 0.3) is 5.91 Å². The van der Waals surface area contributed by atoms with E-state index in [0.29, 0.717) is 17.5 Å². The first-order valence-corrected chi connectivity index (χ1v) is 7.91. The van der Waals surface area contributed by atoms with Crippen molar-refractivity contribution in [2.24, 2.45) is 11.7 Å². The Kier molecular flexibility index (Phi) is 4.47. The number of hydrogen-bond acceptors (Lipinski definition) is 5. The lowest BCUT2D eigenvalue weighted by Gasteiger charge is -2.47. The molecule has 0 unspecified atom stereocenters. The normalized spacial score (nSPS) is 20.1. The highest BCUT2D eigenvalue weighted by molar-refractivity contribution is 5.94. The van der Waals surface area contributed by atoms with E-state index in [1.54, 1.807) is 25.4 Å². The topological polar surface area (TPSA) is 88.8 Å². The molecule has 2 amide bonds. The predicted octanol–water partition coefficient (Wildman–Crippen LogP) is 0.112. The quantitative estimate of drug-likeness (QED) is 0.851. The third-order valence-corrected chi connectivity index (χ3v) is 4.79. The zero-order chi connectivity index (χ0) is 16.4. The van der Waals surface area contributed by atoms with Crippen LogP contribution in [0.5, 0.6) is 5.88 Å². The highest BCUT2D eigenvalue weighted by Gasteiger charge is 2.37. The summed E-state index contributed by atoms with van der Waals surface area (Å²) in [5.41, 5.74) is 5.94. The van der Waals surface area contributed by atoms with E-state index in [1.165, 1.54) is 0 Å². The van der Waals surface area contributed by atoms with Crippen molar-refractivity contribution in [3.63, 3.8) is 0 Å². The molecule has 0 aromatic carbocycles. The van der Waals surface area contributed by atoms with Crippen LogP contribution in [-0.4, -0.2) is 65.9 Å². The second-order valence-electron chi connectivity index (χ2n) is 6.17. The number of nitrogens with zero attached hydrogens (tertiary/aromatic N) is 3. The Labute approximate surface area is 135 Å². The van der Waals surface area contributed by atoms with E-state index in [2.05, 4.69) is 9.88 Å². The van der Waals surface area contributed by atoms with Gasteiger partial charge in [0.05, 0.1) is 12.7 Å². The van der Waals surface area contributed by atoms with Gasteiger partial charge in [-0.05, 0) is 32.0 Å². The summed E-state index contributed by atoms with van der Waals surface area (Å²) in [5.74, 6) is 0.320. The van der Waals surface area contributed by atoms with E-state index < -0.39 is 0 Å². The smallest absolute Gasteiger partial charge is 0.255 e. The monoisotopic (exact) mass is 318 g/mol. The van der Waals surface area contributed by atoms with Crippen LogP contribution in [0.25, 0.3) is 0 Å². The van der Waals surface area contributed by atoms with Crippen LogP contribution in [0.3, 0.4) is 0 Å². The van der Waals surface area contributed by atoms with Gasteiger partial charge in [0.15, 0.2) is 0 Å². The molecule has 0 bridgehead atoms. The lowest BCUT2D eigenvalue weighted by molar-refractivity contribution is -0.123. The molecule has 7 nitrogen and oxygen atoms in total. The molecule has 2 saturated heterocycles. The summed E-state index contributed by atoms with van der Waals surface area (Å²) in [7, 11) is 1.55. The largest absolute Gasteiger partial charge is 0.481 e. The van der Waals surface area contributed by atoms with Gasteiger partial charge in [-0.15, -0.1) is 0 Å². The van der Waals surface area contributed by atoms with Gasteiger partial charge in [0.2, 0.25) is 11.8 Å². The maximum atomic E-state index is 12.4. The fourth-order valence-electron chi connectivity index (χ4n) is 3.21. The second-order valence-corrected chi connectivity index (χ2v) is 6.17. The van der Waals surface area contributed by atoms with E-state index in [4.69, 9.17) is 10.5 Å². The van der Waals surface area contributed by atoms with Gasteiger partial charge in [-0.1, -0.05) is 0 Å². The van der Waals surface area contributed by atoms with E-state index >= 15 is 0 Å². The number of primary amides is 1. The number of methoxy groups -OCH3 is 1. The summed E-state index contributed by atoms with van der Waals surface area (Å²) in [6, 6.07) is 3.82. The van der Waals surface area contributed by atoms with Crippen molar-refractivity contribution in [2.45, 2.75) is 18.9 Å². The number of aromatic nitrogens is 1. The molecule has 2 fully saturated rings. The summed E-state index contributed by atoms with van der Waals surface area (Å²) in [6.45, 7) is 3.22. The predicted molar refractivity (Wildman–Crippen MR) is 84.0 cm³/mol. The van der Waals surface area contributed by atoms with Crippen molar-refractivity contribution >= 4 is 11.8 Å². The number of amides is 2. The maximum Gasteiger partial charge on any atom is 0.255 e. The number of ether oxygens (including phenoxy) is 1. The summed E-state index contributed by atoms with van der Waals surface area (Å²) in [4.78, 5) is 31.8. The minimum atomic E-state index is -0.193. The molecule has 0 saturated carbocycles. The zero-order valence-electron chi connectivity index (χ0n) is 13.3. The molecule has 2 N–H and O–H groups in total. The summed E-state index contributed by atoms with van der Waals surface area (Å²) in [6.07, 6.45) is 3.19. The third-order valence-electron chi connectivity index (χ3n) is 4.79. The molecule has 1 aromatic rings. The maximum absolute atomic E-state index is 12.4. The number of likely N-dealkylation sites (tertiary alicyclic amines) is 2. The average Bonchev–Trinajstić information content (AvgIpc) is 2.54. The van der Waals surface area contributed by atoms with Gasteiger partial charge in [-0.2, -0.15) is 0 Å². The van der Waals surface area contributed by atoms with E-state index in [-0.39, 0.29) is 17.7 Å². The molecule has 3 rings (SSSR count). The van der Waals surface area contributed by atoms with Crippen LogP contribution in [0.15, 0.2) is 18.3 Å². The number of piperidine rings is 1.